The molecule has 4 heteroatoms. The summed E-state index contributed by atoms with van der Waals surface area (Å²) in [6.07, 6.45) is 4.66. The summed E-state index contributed by atoms with van der Waals surface area (Å²) in [7, 11) is 1.67. The third-order valence-corrected chi connectivity index (χ3v) is 4.82. The van der Waals surface area contributed by atoms with Gasteiger partial charge in [0.15, 0.2) is 0 Å². The van der Waals surface area contributed by atoms with Crippen LogP contribution >= 0.6 is 0 Å². The van der Waals surface area contributed by atoms with Gasteiger partial charge in [0.05, 0.1) is 7.11 Å². The molecule has 4 rings (SSSR count). The van der Waals surface area contributed by atoms with Gasteiger partial charge in [0.2, 0.25) is 5.91 Å². The third kappa shape index (κ3) is 3.38. The fraction of sp³-hybridized carbons (Fsp3) is 0.286. The molecule has 1 fully saturated rings. The second-order valence-corrected chi connectivity index (χ2v) is 6.66. The molecule has 0 aliphatic heterocycles. The lowest BCUT2D eigenvalue weighted by Crippen LogP contribution is -2.27. The number of aromatic amines is 1. The number of H-pyrrole nitrogens is 1. The highest BCUT2D eigenvalue weighted by atomic mass is 16.5. The predicted octanol–water partition coefficient (Wildman–Crippen LogP) is 3.98. The molecule has 1 heterocycles. The number of carbonyl (C=O) groups excluding carboxylic acids is 1. The van der Waals surface area contributed by atoms with E-state index in [0.29, 0.717) is 12.5 Å². The van der Waals surface area contributed by atoms with Gasteiger partial charge in [0.1, 0.15) is 5.75 Å². The Labute approximate surface area is 147 Å². The second-order valence-electron chi connectivity index (χ2n) is 6.66. The first kappa shape index (κ1) is 15.8. The lowest BCUT2D eigenvalue weighted by Gasteiger charge is -2.18. The van der Waals surface area contributed by atoms with Crippen molar-refractivity contribution in [2.45, 2.75) is 31.2 Å². The van der Waals surface area contributed by atoms with Crippen molar-refractivity contribution < 1.29 is 9.53 Å². The van der Waals surface area contributed by atoms with Crippen LogP contribution in [0.4, 0.5) is 0 Å². The molecule has 1 aliphatic rings. The number of ether oxygens (including phenoxy) is 1. The van der Waals surface area contributed by atoms with Gasteiger partial charge in [0.25, 0.3) is 0 Å². The first-order valence-electron chi connectivity index (χ1n) is 8.74. The van der Waals surface area contributed by atoms with Gasteiger partial charge < -0.3 is 15.0 Å². The maximum absolute atomic E-state index is 12.5. The molecular formula is C21H22N2O2. The van der Waals surface area contributed by atoms with Crippen LogP contribution < -0.4 is 10.1 Å². The van der Waals surface area contributed by atoms with Gasteiger partial charge in [-0.2, -0.15) is 0 Å². The topological polar surface area (TPSA) is 54.1 Å². The number of benzene rings is 2. The third-order valence-electron chi connectivity index (χ3n) is 4.82. The number of amides is 1. The van der Waals surface area contributed by atoms with Gasteiger partial charge >= 0.3 is 0 Å². The number of methoxy groups -OCH3 is 1. The summed E-state index contributed by atoms with van der Waals surface area (Å²) in [5, 5.41) is 4.27. The number of hydrogen-bond donors (Lipinski definition) is 2. The first-order chi connectivity index (χ1) is 12.2. The summed E-state index contributed by atoms with van der Waals surface area (Å²) in [5.41, 5.74) is 3.33. The van der Waals surface area contributed by atoms with E-state index in [-0.39, 0.29) is 11.8 Å². The summed E-state index contributed by atoms with van der Waals surface area (Å²) in [6, 6.07) is 16.6. The molecule has 1 aliphatic carbocycles. The van der Waals surface area contributed by atoms with Crippen LogP contribution in [0.3, 0.4) is 0 Å². The minimum atomic E-state index is -0.00926. The maximum Gasteiger partial charge on any atom is 0.221 e. The summed E-state index contributed by atoms with van der Waals surface area (Å²) in [4.78, 5) is 15.8. The van der Waals surface area contributed by atoms with Gasteiger partial charge in [0, 0.05) is 35.5 Å². The molecule has 2 aromatic carbocycles. The van der Waals surface area contributed by atoms with Crippen LogP contribution in [0.15, 0.2) is 54.7 Å². The zero-order chi connectivity index (χ0) is 17.2. The van der Waals surface area contributed by atoms with E-state index < -0.39 is 0 Å². The summed E-state index contributed by atoms with van der Waals surface area (Å²) in [6.45, 7) is 0. The smallest absolute Gasteiger partial charge is 0.221 e. The van der Waals surface area contributed by atoms with Crippen LogP contribution in [0, 0.1) is 0 Å². The summed E-state index contributed by atoms with van der Waals surface area (Å²) >= 11 is 0. The Kier molecular flexibility index (Phi) is 4.18. The molecule has 1 aromatic heterocycles. The molecule has 0 radical (unpaired) electrons. The van der Waals surface area contributed by atoms with Crippen LogP contribution in [0.5, 0.6) is 5.75 Å². The Hall–Kier alpha value is -2.75. The summed E-state index contributed by atoms with van der Waals surface area (Å²) < 4.78 is 5.38. The number of carbonyl (C=O) groups is 1. The van der Waals surface area contributed by atoms with Gasteiger partial charge in [-0.05, 0) is 42.2 Å². The minimum Gasteiger partial charge on any atom is -0.497 e. The lowest BCUT2D eigenvalue weighted by atomic mass is 9.88. The van der Waals surface area contributed by atoms with E-state index in [9.17, 15) is 4.79 Å². The fourth-order valence-corrected chi connectivity index (χ4v) is 3.35. The molecule has 25 heavy (non-hydrogen) atoms. The molecule has 0 unspecified atom stereocenters. The Balaban J connectivity index is 1.72. The van der Waals surface area contributed by atoms with E-state index in [1.54, 1.807) is 7.11 Å². The molecular weight excluding hydrogens is 312 g/mol. The molecule has 2 N–H and O–H groups in total. The predicted molar refractivity (Wildman–Crippen MR) is 98.9 cm³/mol. The molecule has 1 amide bonds. The van der Waals surface area contributed by atoms with Gasteiger partial charge in [-0.3, -0.25) is 4.79 Å². The van der Waals surface area contributed by atoms with Crippen LogP contribution in [0.25, 0.3) is 10.9 Å². The van der Waals surface area contributed by atoms with Crippen molar-refractivity contribution in [1.82, 2.24) is 10.3 Å². The quantitative estimate of drug-likeness (QED) is 0.716. The highest BCUT2D eigenvalue weighted by Crippen LogP contribution is 2.35. The van der Waals surface area contributed by atoms with Crippen molar-refractivity contribution >= 4 is 16.8 Å². The fourth-order valence-electron chi connectivity index (χ4n) is 3.35. The number of fused-ring (bicyclic) bond motifs is 1. The number of hydrogen-bond acceptors (Lipinski definition) is 2. The maximum atomic E-state index is 12.5. The van der Waals surface area contributed by atoms with E-state index in [4.69, 9.17) is 4.74 Å². The standard InChI is InChI=1S/C21H22N2O2/c1-25-16-6-4-5-14(11-16)18(12-21(24)23-15-9-10-15)19-13-22-20-8-3-2-7-17(19)20/h2-8,11,13,15,18,22H,9-10,12H2,1H3,(H,23,24)/t18-/m1/s1. The largest absolute Gasteiger partial charge is 0.497 e. The molecule has 0 saturated heterocycles. The number of rotatable bonds is 6. The van der Waals surface area contributed by atoms with Crippen LogP contribution in [0.1, 0.15) is 36.3 Å². The van der Waals surface area contributed by atoms with Crippen LogP contribution in [-0.4, -0.2) is 24.0 Å². The minimum absolute atomic E-state index is 0.00926. The van der Waals surface area contributed by atoms with Crippen molar-refractivity contribution in [3.8, 4) is 5.75 Å². The Bertz CT molecular complexity index is 896. The first-order valence-corrected chi connectivity index (χ1v) is 8.74. The SMILES string of the molecule is COc1cccc([C@@H](CC(=O)NC2CC2)c2c[nH]c3ccccc23)c1. The van der Waals surface area contributed by atoms with E-state index in [1.165, 1.54) is 0 Å². The highest BCUT2D eigenvalue weighted by molar-refractivity contribution is 5.86. The molecule has 1 saturated carbocycles. The summed E-state index contributed by atoms with van der Waals surface area (Å²) in [5.74, 6) is 0.913. The lowest BCUT2D eigenvalue weighted by molar-refractivity contribution is -0.121. The number of aromatic nitrogens is 1. The molecule has 1 atom stereocenters. The Morgan fingerprint density at radius 3 is 2.88 bits per heavy atom. The zero-order valence-electron chi connectivity index (χ0n) is 14.3. The van der Waals surface area contributed by atoms with Crippen molar-refractivity contribution in [1.29, 1.82) is 0 Å². The Morgan fingerprint density at radius 2 is 2.08 bits per heavy atom. The van der Waals surface area contributed by atoms with Gasteiger partial charge in [-0.15, -0.1) is 0 Å². The normalized spacial score (nSPS) is 15.1. The average Bonchev–Trinajstić information content (AvgIpc) is 3.35. The van der Waals surface area contributed by atoms with Crippen molar-refractivity contribution in [3.63, 3.8) is 0 Å². The molecule has 3 aromatic rings. The van der Waals surface area contributed by atoms with E-state index in [0.717, 1.165) is 40.6 Å². The highest BCUT2D eigenvalue weighted by Gasteiger charge is 2.27. The molecule has 4 nitrogen and oxygen atoms in total. The van der Waals surface area contributed by atoms with Crippen molar-refractivity contribution in [3.05, 3.63) is 65.9 Å². The zero-order valence-corrected chi connectivity index (χ0v) is 14.3. The van der Waals surface area contributed by atoms with Crippen LogP contribution in [0.2, 0.25) is 0 Å². The van der Waals surface area contributed by atoms with E-state index in [2.05, 4.69) is 28.5 Å². The monoisotopic (exact) mass is 334 g/mol. The molecule has 128 valence electrons. The average molecular weight is 334 g/mol. The van der Waals surface area contributed by atoms with E-state index in [1.807, 2.05) is 36.5 Å². The van der Waals surface area contributed by atoms with Crippen molar-refractivity contribution in [2.75, 3.05) is 7.11 Å². The number of nitrogens with one attached hydrogen (secondary N) is 2. The van der Waals surface area contributed by atoms with Crippen molar-refractivity contribution in [2.24, 2.45) is 0 Å². The van der Waals surface area contributed by atoms with E-state index >= 15 is 0 Å². The Morgan fingerprint density at radius 1 is 1.24 bits per heavy atom. The van der Waals surface area contributed by atoms with Crippen LogP contribution in [-0.2, 0) is 4.79 Å². The molecule has 0 bridgehead atoms. The van der Waals surface area contributed by atoms with Gasteiger partial charge in [-0.1, -0.05) is 30.3 Å². The molecule has 0 spiro atoms. The second kappa shape index (κ2) is 6.63. The van der Waals surface area contributed by atoms with Gasteiger partial charge in [-0.25, -0.2) is 0 Å². The number of para-hydroxylation sites is 1.